The summed E-state index contributed by atoms with van der Waals surface area (Å²) < 4.78 is 6.46. The predicted octanol–water partition coefficient (Wildman–Crippen LogP) is 4.38. The molecule has 0 aliphatic heterocycles. The Labute approximate surface area is 129 Å². The van der Waals surface area contributed by atoms with Gasteiger partial charge in [-0.3, -0.25) is 0 Å². The molecule has 0 bridgehead atoms. The molecule has 1 unspecified atom stereocenters. The summed E-state index contributed by atoms with van der Waals surface area (Å²) in [6.45, 7) is 4.17. The number of benzene rings is 2. The minimum Gasteiger partial charge on any atom is -0.496 e. The van der Waals surface area contributed by atoms with E-state index in [-0.39, 0.29) is 6.04 Å². The molecule has 0 amide bonds. The molecular formula is C17H20BrNO. The lowest BCUT2D eigenvalue weighted by atomic mass is 9.96. The van der Waals surface area contributed by atoms with Crippen molar-refractivity contribution >= 4 is 15.9 Å². The van der Waals surface area contributed by atoms with Crippen LogP contribution in [0.3, 0.4) is 0 Å². The lowest BCUT2D eigenvalue weighted by Gasteiger charge is -2.20. The zero-order valence-electron chi connectivity index (χ0n) is 12.3. The Morgan fingerprint density at radius 1 is 1.10 bits per heavy atom. The van der Waals surface area contributed by atoms with E-state index in [1.54, 1.807) is 7.11 Å². The van der Waals surface area contributed by atoms with Crippen molar-refractivity contribution in [3.8, 4) is 5.75 Å². The van der Waals surface area contributed by atoms with E-state index < -0.39 is 0 Å². The first-order valence-corrected chi connectivity index (χ1v) is 7.44. The minimum atomic E-state index is 0.162. The van der Waals surface area contributed by atoms with E-state index in [0.717, 1.165) is 15.8 Å². The molecule has 0 aliphatic rings. The number of nitrogens with one attached hydrogen (secondary N) is 1. The van der Waals surface area contributed by atoms with Gasteiger partial charge in [0, 0.05) is 4.47 Å². The van der Waals surface area contributed by atoms with Gasteiger partial charge >= 0.3 is 0 Å². The lowest BCUT2D eigenvalue weighted by molar-refractivity contribution is 0.411. The number of hydrogen-bond donors (Lipinski definition) is 1. The van der Waals surface area contributed by atoms with Crippen LogP contribution in [0.1, 0.15) is 28.3 Å². The maximum atomic E-state index is 5.33. The Morgan fingerprint density at radius 2 is 1.85 bits per heavy atom. The van der Waals surface area contributed by atoms with Crippen molar-refractivity contribution in [3.63, 3.8) is 0 Å². The van der Waals surface area contributed by atoms with Crippen LogP contribution in [-0.2, 0) is 0 Å². The van der Waals surface area contributed by atoms with Crippen LogP contribution in [0.15, 0.2) is 40.9 Å². The molecule has 0 spiro atoms. The van der Waals surface area contributed by atoms with Gasteiger partial charge in [0.1, 0.15) is 5.75 Å². The third-order valence-electron chi connectivity index (χ3n) is 3.51. The van der Waals surface area contributed by atoms with E-state index in [2.05, 4.69) is 65.4 Å². The molecular weight excluding hydrogens is 314 g/mol. The molecule has 0 heterocycles. The quantitative estimate of drug-likeness (QED) is 0.896. The molecule has 0 aliphatic carbocycles. The SMILES string of the molecule is CNC(c1ccc(OC)c(C)c1)c1ccc(C)cc1Br. The predicted molar refractivity (Wildman–Crippen MR) is 87.5 cm³/mol. The monoisotopic (exact) mass is 333 g/mol. The molecule has 2 aromatic carbocycles. The maximum absolute atomic E-state index is 5.33. The van der Waals surface area contributed by atoms with Crippen molar-refractivity contribution in [1.29, 1.82) is 0 Å². The van der Waals surface area contributed by atoms with Crippen LogP contribution >= 0.6 is 15.9 Å². The first kappa shape index (κ1) is 15.1. The van der Waals surface area contributed by atoms with Gasteiger partial charge in [-0.25, -0.2) is 0 Å². The second-order valence-electron chi connectivity index (χ2n) is 4.98. The Balaban J connectivity index is 2.44. The number of rotatable bonds is 4. The molecule has 20 heavy (non-hydrogen) atoms. The topological polar surface area (TPSA) is 21.3 Å². The molecule has 0 saturated heterocycles. The van der Waals surface area contributed by atoms with Gasteiger partial charge in [0.05, 0.1) is 13.2 Å². The summed E-state index contributed by atoms with van der Waals surface area (Å²) in [7, 11) is 3.69. The first-order chi connectivity index (χ1) is 9.56. The standard InChI is InChI=1S/C17H20BrNO/c1-11-5-7-14(15(18)9-11)17(19-3)13-6-8-16(20-4)12(2)10-13/h5-10,17,19H,1-4H3. The molecule has 0 radical (unpaired) electrons. The van der Waals surface area contributed by atoms with E-state index in [4.69, 9.17) is 4.74 Å². The number of ether oxygens (including phenoxy) is 1. The van der Waals surface area contributed by atoms with E-state index in [1.807, 2.05) is 13.1 Å². The molecule has 1 N–H and O–H groups in total. The van der Waals surface area contributed by atoms with E-state index >= 15 is 0 Å². The van der Waals surface area contributed by atoms with Gasteiger partial charge < -0.3 is 10.1 Å². The number of methoxy groups -OCH3 is 1. The Hall–Kier alpha value is -1.32. The smallest absolute Gasteiger partial charge is 0.121 e. The summed E-state index contributed by atoms with van der Waals surface area (Å²) in [5, 5.41) is 3.39. The van der Waals surface area contributed by atoms with Crippen LogP contribution in [0, 0.1) is 13.8 Å². The summed E-state index contributed by atoms with van der Waals surface area (Å²) >= 11 is 3.67. The highest BCUT2D eigenvalue weighted by atomic mass is 79.9. The average Bonchev–Trinajstić information content (AvgIpc) is 2.42. The molecule has 3 heteroatoms. The zero-order valence-corrected chi connectivity index (χ0v) is 13.9. The van der Waals surface area contributed by atoms with Crippen molar-refractivity contribution < 1.29 is 4.74 Å². The molecule has 1 atom stereocenters. The maximum Gasteiger partial charge on any atom is 0.121 e. The van der Waals surface area contributed by atoms with Crippen LogP contribution in [0.4, 0.5) is 0 Å². The molecule has 0 aromatic heterocycles. The summed E-state index contributed by atoms with van der Waals surface area (Å²) in [4.78, 5) is 0. The van der Waals surface area contributed by atoms with Crippen molar-refractivity contribution in [2.75, 3.05) is 14.2 Å². The third-order valence-corrected chi connectivity index (χ3v) is 4.19. The highest BCUT2D eigenvalue weighted by Crippen LogP contribution is 2.31. The first-order valence-electron chi connectivity index (χ1n) is 6.64. The van der Waals surface area contributed by atoms with Crippen LogP contribution in [-0.4, -0.2) is 14.2 Å². The Bertz CT molecular complexity index is 610. The van der Waals surface area contributed by atoms with Crippen LogP contribution in [0.2, 0.25) is 0 Å². The Morgan fingerprint density at radius 3 is 2.40 bits per heavy atom. The van der Waals surface area contributed by atoms with Crippen LogP contribution < -0.4 is 10.1 Å². The van der Waals surface area contributed by atoms with Crippen molar-refractivity contribution in [2.24, 2.45) is 0 Å². The molecule has 2 rings (SSSR count). The fraction of sp³-hybridized carbons (Fsp3) is 0.294. The zero-order chi connectivity index (χ0) is 14.7. The van der Waals surface area contributed by atoms with Crippen molar-refractivity contribution in [1.82, 2.24) is 5.32 Å². The fourth-order valence-corrected chi connectivity index (χ4v) is 3.17. The van der Waals surface area contributed by atoms with E-state index in [1.165, 1.54) is 16.7 Å². The van der Waals surface area contributed by atoms with Gasteiger partial charge in [0.2, 0.25) is 0 Å². The number of hydrogen-bond acceptors (Lipinski definition) is 2. The summed E-state index contributed by atoms with van der Waals surface area (Å²) in [6, 6.07) is 12.9. The molecule has 0 saturated carbocycles. The van der Waals surface area contributed by atoms with Crippen molar-refractivity contribution in [3.05, 3.63) is 63.1 Å². The summed E-state index contributed by atoms with van der Waals surface area (Å²) in [6.07, 6.45) is 0. The fourth-order valence-electron chi connectivity index (χ4n) is 2.45. The molecule has 2 aromatic rings. The average molecular weight is 334 g/mol. The number of halogens is 1. The minimum absolute atomic E-state index is 0.162. The highest BCUT2D eigenvalue weighted by molar-refractivity contribution is 9.10. The van der Waals surface area contributed by atoms with Gasteiger partial charge in [-0.1, -0.05) is 40.2 Å². The van der Waals surface area contributed by atoms with Gasteiger partial charge in [-0.05, 0) is 55.3 Å². The number of aryl methyl sites for hydroxylation is 2. The second-order valence-corrected chi connectivity index (χ2v) is 5.83. The highest BCUT2D eigenvalue weighted by Gasteiger charge is 2.16. The molecule has 106 valence electrons. The largest absolute Gasteiger partial charge is 0.496 e. The molecule has 0 fully saturated rings. The summed E-state index contributed by atoms with van der Waals surface area (Å²) in [5.41, 5.74) is 4.87. The third kappa shape index (κ3) is 3.05. The Kier molecular flexibility index (Phi) is 4.84. The van der Waals surface area contributed by atoms with Crippen LogP contribution in [0.25, 0.3) is 0 Å². The lowest BCUT2D eigenvalue weighted by Crippen LogP contribution is -2.18. The van der Waals surface area contributed by atoms with Gasteiger partial charge in [0.15, 0.2) is 0 Å². The van der Waals surface area contributed by atoms with Crippen molar-refractivity contribution in [2.45, 2.75) is 19.9 Å². The molecule has 2 nitrogen and oxygen atoms in total. The van der Waals surface area contributed by atoms with Gasteiger partial charge in [0.25, 0.3) is 0 Å². The van der Waals surface area contributed by atoms with Gasteiger partial charge in [-0.15, -0.1) is 0 Å². The second kappa shape index (κ2) is 6.42. The normalized spacial score (nSPS) is 12.2. The van der Waals surface area contributed by atoms with Crippen LogP contribution in [0.5, 0.6) is 5.75 Å². The van der Waals surface area contributed by atoms with E-state index in [0.29, 0.717) is 0 Å². The van der Waals surface area contributed by atoms with E-state index in [9.17, 15) is 0 Å². The summed E-state index contributed by atoms with van der Waals surface area (Å²) in [5.74, 6) is 0.923. The van der Waals surface area contributed by atoms with Gasteiger partial charge in [-0.2, -0.15) is 0 Å².